The van der Waals surface area contributed by atoms with Crippen molar-refractivity contribution in [3.05, 3.63) is 0 Å². The zero-order valence-corrected chi connectivity index (χ0v) is 8.40. The van der Waals surface area contributed by atoms with Gasteiger partial charge in [0.15, 0.2) is 0 Å². The summed E-state index contributed by atoms with van der Waals surface area (Å²) in [7, 11) is 0.661. The van der Waals surface area contributed by atoms with Crippen LogP contribution in [-0.2, 0) is 14.3 Å². The first kappa shape index (κ1) is 13.4. The lowest BCUT2D eigenvalue weighted by atomic mass is 9.87. The molecule has 3 N–H and O–H groups in total. The van der Waals surface area contributed by atoms with Gasteiger partial charge < -0.3 is 24.8 Å². The molecule has 82 valence electrons. The smallest absolute Gasteiger partial charge is 0.374 e. The quantitative estimate of drug-likeness (QED) is 0.341. The van der Waals surface area contributed by atoms with Crippen LogP contribution >= 0.6 is 0 Å². The third-order valence-electron chi connectivity index (χ3n) is 1.46. The van der Waals surface area contributed by atoms with E-state index in [9.17, 15) is 4.79 Å². The summed E-state index contributed by atoms with van der Waals surface area (Å²) < 4.78 is 9.74. The van der Waals surface area contributed by atoms with Crippen LogP contribution in [0.15, 0.2) is 0 Å². The van der Waals surface area contributed by atoms with Gasteiger partial charge >= 0.3 is 13.0 Å². The Balaban J connectivity index is 3.68. The summed E-state index contributed by atoms with van der Waals surface area (Å²) in [5, 5.41) is 20.1. The normalized spacial score (nSPS) is 12.5. The first-order chi connectivity index (χ1) is 6.57. The lowest BCUT2D eigenvalue weighted by Gasteiger charge is -2.14. The number of methoxy groups -OCH3 is 1. The molecule has 0 fully saturated rings. The number of rotatable bonds is 8. The van der Waals surface area contributed by atoms with Gasteiger partial charge in [0, 0.05) is 7.11 Å². The molecule has 0 saturated heterocycles. The molecule has 7 heteroatoms. The Kier molecular flexibility index (Phi) is 7.40. The van der Waals surface area contributed by atoms with Gasteiger partial charge in [-0.3, -0.25) is 4.79 Å². The topological polar surface area (TPSA) is 88.0 Å². The molecule has 0 heterocycles. The summed E-state index contributed by atoms with van der Waals surface area (Å²) in [5.41, 5.74) is 0. The van der Waals surface area contributed by atoms with Crippen molar-refractivity contribution >= 4 is 13.0 Å². The molecule has 0 rings (SSSR count). The molecule has 1 atom stereocenters. The van der Waals surface area contributed by atoms with Crippen molar-refractivity contribution in [1.29, 1.82) is 0 Å². The second kappa shape index (κ2) is 7.75. The average molecular weight is 205 g/mol. The summed E-state index contributed by atoms with van der Waals surface area (Å²) in [5.74, 6) is -1.05. The van der Waals surface area contributed by atoms with Crippen molar-refractivity contribution in [3.8, 4) is 0 Å². The minimum atomic E-state index is -1.05. The Labute approximate surface area is 83.3 Å². The maximum atomic E-state index is 10.6. The van der Waals surface area contributed by atoms with E-state index in [4.69, 9.17) is 19.6 Å². The van der Waals surface area contributed by atoms with Gasteiger partial charge in [-0.05, 0) is 6.82 Å². The molecule has 0 spiro atoms. The van der Waals surface area contributed by atoms with Crippen LogP contribution in [0.25, 0.3) is 0 Å². The molecule has 14 heavy (non-hydrogen) atoms. The molecule has 0 aliphatic carbocycles. The SMILES string of the molecule is COCCOC[C@H](NB(C)O)C(=O)O. The fourth-order valence-corrected chi connectivity index (χ4v) is 0.825. The molecule has 0 unspecified atom stereocenters. The Hall–Kier alpha value is -0.625. The number of nitrogens with one attached hydrogen (secondary N) is 1. The van der Waals surface area contributed by atoms with E-state index in [0.29, 0.717) is 13.2 Å². The van der Waals surface area contributed by atoms with Crippen molar-refractivity contribution in [2.24, 2.45) is 0 Å². The van der Waals surface area contributed by atoms with Gasteiger partial charge in [0.05, 0.1) is 19.8 Å². The minimum absolute atomic E-state index is 0.00356. The van der Waals surface area contributed by atoms with Crippen molar-refractivity contribution in [3.63, 3.8) is 0 Å². The number of carboxylic acids is 1. The van der Waals surface area contributed by atoms with Crippen molar-refractivity contribution in [2.75, 3.05) is 26.9 Å². The Morgan fingerprint density at radius 3 is 2.64 bits per heavy atom. The van der Waals surface area contributed by atoms with Crippen molar-refractivity contribution < 1.29 is 24.4 Å². The third kappa shape index (κ3) is 6.84. The van der Waals surface area contributed by atoms with Crippen LogP contribution in [0.2, 0.25) is 6.82 Å². The molecule has 0 saturated carbocycles. The van der Waals surface area contributed by atoms with E-state index in [1.54, 1.807) is 0 Å². The van der Waals surface area contributed by atoms with Crippen LogP contribution in [0, 0.1) is 0 Å². The maximum Gasteiger partial charge on any atom is 0.374 e. The van der Waals surface area contributed by atoms with Crippen LogP contribution < -0.4 is 5.23 Å². The van der Waals surface area contributed by atoms with Crippen LogP contribution in [0.5, 0.6) is 0 Å². The molecular formula is C7H16BNO5. The van der Waals surface area contributed by atoms with E-state index in [1.165, 1.54) is 13.9 Å². The Bertz CT molecular complexity index is 166. The molecule has 0 radical (unpaired) electrons. The van der Waals surface area contributed by atoms with Crippen LogP contribution in [0.3, 0.4) is 0 Å². The molecule has 0 aromatic rings. The predicted molar refractivity (Wildman–Crippen MR) is 51.1 cm³/mol. The standard InChI is InChI=1S/C7H16BNO5/c1-8(12)9-6(7(10)11)5-14-4-3-13-2/h6,9,12H,3-5H2,1-2H3,(H,10,11)/t6-/m0/s1. The van der Waals surface area contributed by atoms with Gasteiger partial charge in [-0.2, -0.15) is 0 Å². The van der Waals surface area contributed by atoms with E-state index < -0.39 is 19.1 Å². The first-order valence-electron chi connectivity index (χ1n) is 4.31. The summed E-state index contributed by atoms with van der Waals surface area (Å²) in [6.07, 6.45) is 0. The van der Waals surface area contributed by atoms with Gasteiger partial charge in [-0.25, -0.2) is 0 Å². The van der Waals surface area contributed by atoms with Gasteiger partial charge in [0.1, 0.15) is 6.04 Å². The van der Waals surface area contributed by atoms with E-state index >= 15 is 0 Å². The molecule has 6 nitrogen and oxygen atoms in total. The number of hydrogen-bond acceptors (Lipinski definition) is 5. The zero-order chi connectivity index (χ0) is 11.0. The number of carboxylic acid groups (broad SMARTS) is 1. The fourth-order valence-electron chi connectivity index (χ4n) is 0.825. The third-order valence-corrected chi connectivity index (χ3v) is 1.46. The monoisotopic (exact) mass is 205 g/mol. The van der Waals surface area contributed by atoms with E-state index in [0.717, 1.165) is 0 Å². The van der Waals surface area contributed by atoms with Gasteiger partial charge in [0.25, 0.3) is 0 Å². The van der Waals surface area contributed by atoms with Crippen molar-refractivity contribution in [2.45, 2.75) is 12.9 Å². The highest BCUT2D eigenvalue weighted by Gasteiger charge is 2.20. The van der Waals surface area contributed by atoms with Crippen LogP contribution in [0.4, 0.5) is 0 Å². The summed E-state index contributed by atoms with van der Waals surface area (Å²) >= 11 is 0. The zero-order valence-electron chi connectivity index (χ0n) is 8.40. The number of aliphatic carboxylic acids is 1. The van der Waals surface area contributed by atoms with E-state index in [2.05, 4.69) is 5.23 Å². The molecule has 0 amide bonds. The van der Waals surface area contributed by atoms with Crippen LogP contribution in [0.1, 0.15) is 0 Å². The molecule has 0 bridgehead atoms. The number of hydrogen-bond donors (Lipinski definition) is 3. The Morgan fingerprint density at radius 1 is 1.57 bits per heavy atom. The highest BCUT2D eigenvalue weighted by atomic mass is 16.5. The number of carbonyl (C=O) groups is 1. The molecule has 0 aromatic carbocycles. The van der Waals surface area contributed by atoms with Crippen molar-refractivity contribution in [1.82, 2.24) is 5.23 Å². The number of ether oxygens (including phenoxy) is 2. The van der Waals surface area contributed by atoms with Gasteiger partial charge in [-0.15, -0.1) is 0 Å². The fraction of sp³-hybridized carbons (Fsp3) is 0.857. The molecule has 0 aliphatic rings. The summed E-state index contributed by atoms with van der Waals surface area (Å²) in [4.78, 5) is 10.6. The molecular weight excluding hydrogens is 189 g/mol. The average Bonchev–Trinajstić information content (AvgIpc) is 2.09. The van der Waals surface area contributed by atoms with E-state index in [1.807, 2.05) is 0 Å². The second-order valence-electron chi connectivity index (χ2n) is 2.80. The predicted octanol–water partition coefficient (Wildman–Crippen LogP) is -1.20. The lowest BCUT2D eigenvalue weighted by Crippen LogP contribution is -2.47. The molecule has 0 aromatic heterocycles. The van der Waals surface area contributed by atoms with E-state index in [-0.39, 0.29) is 6.61 Å². The maximum absolute atomic E-state index is 10.6. The molecule has 0 aliphatic heterocycles. The first-order valence-corrected chi connectivity index (χ1v) is 4.31. The largest absolute Gasteiger partial charge is 0.480 e. The highest BCUT2D eigenvalue weighted by molar-refractivity contribution is 6.46. The Morgan fingerprint density at radius 2 is 2.21 bits per heavy atom. The lowest BCUT2D eigenvalue weighted by molar-refractivity contribution is -0.140. The van der Waals surface area contributed by atoms with Gasteiger partial charge in [-0.1, -0.05) is 0 Å². The second-order valence-corrected chi connectivity index (χ2v) is 2.80. The minimum Gasteiger partial charge on any atom is -0.480 e. The summed E-state index contributed by atoms with van der Waals surface area (Å²) in [6.45, 7) is 2.21. The van der Waals surface area contributed by atoms with Crippen LogP contribution in [-0.4, -0.2) is 56.1 Å². The van der Waals surface area contributed by atoms with Gasteiger partial charge in [0.2, 0.25) is 0 Å². The highest BCUT2D eigenvalue weighted by Crippen LogP contribution is 1.88. The summed E-state index contributed by atoms with van der Waals surface area (Å²) in [6, 6.07) is -0.896.